The molecule has 0 spiro atoms. The number of carbonyl (C=O) groups excluding carboxylic acids is 1. The molecular weight excluding hydrogens is 271 g/mol. The van der Waals surface area contributed by atoms with Crippen LogP contribution in [0.15, 0.2) is 42.5 Å². The Morgan fingerprint density at radius 3 is 2.50 bits per heavy atom. The van der Waals surface area contributed by atoms with E-state index in [0.29, 0.717) is 21.2 Å². The fourth-order valence-electron chi connectivity index (χ4n) is 1.41. The molecule has 0 amide bonds. The van der Waals surface area contributed by atoms with Crippen LogP contribution in [0.2, 0.25) is 10.0 Å². The minimum Gasteiger partial charge on any atom is -0.457 e. The highest BCUT2D eigenvalue weighted by Crippen LogP contribution is 2.25. The van der Waals surface area contributed by atoms with Crippen molar-refractivity contribution in [3.63, 3.8) is 0 Å². The van der Waals surface area contributed by atoms with Gasteiger partial charge in [0.2, 0.25) is 0 Å². The molecule has 0 fully saturated rings. The first-order chi connectivity index (χ1) is 8.68. The van der Waals surface area contributed by atoms with Crippen molar-refractivity contribution < 1.29 is 9.53 Å². The molecule has 0 aliphatic carbocycles. The SMILES string of the molecule is O=C(OCc1c(Cl)cccc1Cl)c1c[c]ccc1. The number of ether oxygens (including phenoxy) is 1. The van der Waals surface area contributed by atoms with Crippen molar-refractivity contribution in [2.45, 2.75) is 6.61 Å². The highest BCUT2D eigenvalue weighted by Gasteiger charge is 2.10. The monoisotopic (exact) mass is 279 g/mol. The van der Waals surface area contributed by atoms with E-state index in [9.17, 15) is 4.79 Å². The van der Waals surface area contributed by atoms with Gasteiger partial charge in [-0.25, -0.2) is 4.79 Å². The van der Waals surface area contributed by atoms with Crippen LogP contribution in [0.4, 0.5) is 0 Å². The van der Waals surface area contributed by atoms with Crippen LogP contribution in [0.3, 0.4) is 0 Å². The second kappa shape index (κ2) is 5.89. The Kier molecular flexibility index (Phi) is 4.24. The molecule has 1 radical (unpaired) electrons. The second-order valence-electron chi connectivity index (χ2n) is 3.57. The molecule has 0 saturated carbocycles. The molecule has 2 rings (SSSR count). The van der Waals surface area contributed by atoms with Gasteiger partial charge < -0.3 is 4.74 Å². The molecule has 18 heavy (non-hydrogen) atoms. The fraction of sp³-hybridized carbons (Fsp3) is 0.0714. The fourth-order valence-corrected chi connectivity index (χ4v) is 1.92. The minimum atomic E-state index is -0.428. The normalized spacial score (nSPS) is 10.1. The van der Waals surface area contributed by atoms with Gasteiger partial charge in [-0.2, -0.15) is 0 Å². The minimum absolute atomic E-state index is 0.0479. The van der Waals surface area contributed by atoms with Crippen molar-refractivity contribution in [3.8, 4) is 0 Å². The van der Waals surface area contributed by atoms with E-state index in [4.69, 9.17) is 27.9 Å². The van der Waals surface area contributed by atoms with E-state index in [2.05, 4.69) is 6.07 Å². The smallest absolute Gasteiger partial charge is 0.338 e. The van der Waals surface area contributed by atoms with Gasteiger partial charge in [0.1, 0.15) is 6.61 Å². The lowest BCUT2D eigenvalue weighted by Crippen LogP contribution is -2.05. The van der Waals surface area contributed by atoms with Crippen molar-refractivity contribution >= 4 is 29.2 Å². The van der Waals surface area contributed by atoms with Gasteiger partial charge in [-0.3, -0.25) is 0 Å². The van der Waals surface area contributed by atoms with E-state index >= 15 is 0 Å². The van der Waals surface area contributed by atoms with E-state index < -0.39 is 5.97 Å². The highest BCUT2D eigenvalue weighted by atomic mass is 35.5. The summed E-state index contributed by atoms with van der Waals surface area (Å²) >= 11 is 12.0. The molecule has 0 unspecified atom stereocenters. The first kappa shape index (κ1) is 12.9. The zero-order chi connectivity index (χ0) is 13.0. The number of carbonyl (C=O) groups is 1. The van der Waals surface area contributed by atoms with Gasteiger partial charge >= 0.3 is 5.97 Å². The van der Waals surface area contributed by atoms with Gasteiger partial charge in [0.15, 0.2) is 0 Å². The van der Waals surface area contributed by atoms with Crippen molar-refractivity contribution in [1.29, 1.82) is 0 Å². The maximum Gasteiger partial charge on any atom is 0.338 e. The lowest BCUT2D eigenvalue weighted by Gasteiger charge is -2.08. The molecule has 0 atom stereocenters. The molecule has 0 N–H and O–H groups in total. The van der Waals surface area contributed by atoms with Crippen LogP contribution in [0.5, 0.6) is 0 Å². The zero-order valence-electron chi connectivity index (χ0n) is 9.32. The number of halogens is 2. The molecule has 4 heteroatoms. The standard InChI is InChI=1S/C14H9Cl2O2/c15-12-7-4-8-13(16)11(12)9-18-14(17)10-5-2-1-3-6-10/h1-2,4-8H,9H2. The van der Waals surface area contributed by atoms with Crippen LogP contribution < -0.4 is 0 Å². The highest BCUT2D eigenvalue weighted by molar-refractivity contribution is 6.35. The van der Waals surface area contributed by atoms with Gasteiger partial charge in [-0.05, 0) is 30.3 Å². The van der Waals surface area contributed by atoms with Crippen LogP contribution in [0.25, 0.3) is 0 Å². The number of rotatable bonds is 3. The molecule has 91 valence electrons. The number of benzene rings is 2. The summed E-state index contributed by atoms with van der Waals surface area (Å²) in [5.41, 5.74) is 1.05. The van der Waals surface area contributed by atoms with Crippen LogP contribution in [-0.2, 0) is 11.3 Å². The Morgan fingerprint density at radius 2 is 1.89 bits per heavy atom. The first-order valence-corrected chi connectivity index (χ1v) is 6.00. The third-order valence-corrected chi connectivity index (χ3v) is 3.06. The number of hydrogen-bond acceptors (Lipinski definition) is 2. The summed E-state index contributed by atoms with van der Waals surface area (Å²) in [6, 6.07) is 14.6. The number of esters is 1. The average Bonchev–Trinajstić information content (AvgIpc) is 2.39. The third-order valence-electron chi connectivity index (χ3n) is 2.35. The largest absolute Gasteiger partial charge is 0.457 e. The Bertz CT molecular complexity index is 533. The Hall–Kier alpha value is -1.51. The van der Waals surface area contributed by atoms with Gasteiger partial charge in [0.05, 0.1) is 5.56 Å². The van der Waals surface area contributed by atoms with Crippen LogP contribution in [-0.4, -0.2) is 5.97 Å². The molecule has 0 aromatic heterocycles. The summed E-state index contributed by atoms with van der Waals surface area (Å²) in [6.07, 6.45) is 0. The quantitative estimate of drug-likeness (QED) is 0.789. The summed E-state index contributed by atoms with van der Waals surface area (Å²) in [6.45, 7) is 0.0479. The maximum absolute atomic E-state index is 11.7. The average molecular weight is 280 g/mol. The summed E-state index contributed by atoms with van der Waals surface area (Å²) in [5.74, 6) is -0.428. The van der Waals surface area contributed by atoms with Crippen LogP contribution in [0, 0.1) is 6.07 Å². The van der Waals surface area contributed by atoms with E-state index in [0.717, 1.165) is 0 Å². The number of hydrogen-bond donors (Lipinski definition) is 0. The van der Waals surface area contributed by atoms with Gasteiger partial charge in [0, 0.05) is 15.6 Å². The molecule has 0 aliphatic rings. The van der Waals surface area contributed by atoms with E-state index in [1.165, 1.54) is 0 Å². The van der Waals surface area contributed by atoms with Gasteiger partial charge in [0.25, 0.3) is 0 Å². The van der Waals surface area contributed by atoms with E-state index in [-0.39, 0.29) is 6.61 Å². The predicted molar refractivity (Wildman–Crippen MR) is 70.9 cm³/mol. The molecule has 2 nitrogen and oxygen atoms in total. The molecular formula is C14H9Cl2O2. The summed E-state index contributed by atoms with van der Waals surface area (Å²) in [5, 5.41) is 0.963. The second-order valence-corrected chi connectivity index (χ2v) is 4.38. The van der Waals surface area contributed by atoms with Crippen LogP contribution >= 0.6 is 23.2 Å². The molecule has 2 aromatic carbocycles. The van der Waals surface area contributed by atoms with Crippen LogP contribution in [0.1, 0.15) is 15.9 Å². The lowest BCUT2D eigenvalue weighted by molar-refractivity contribution is 0.0473. The Labute approximate surface area is 115 Å². The predicted octanol–water partition coefficient (Wildman–Crippen LogP) is 4.15. The molecule has 0 aliphatic heterocycles. The Morgan fingerprint density at radius 1 is 1.17 bits per heavy atom. The third kappa shape index (κ3) is 3.03. The summed E-state index contributed by atoms with van der Waals surface area (Å²) in [4.78, 5) is 11.7. The van der Waals surface area contributed by atoms with Gasteiger partial charge in [-0.15, -0.1) is 0 Å². The van der Waals surface area contributed by atoms with E-state index in [1.54, 1.807) is 42.5 Å². The molecule has 0 saturated heterocycles. The maximum atomic E-state index is 11.7. The molecule has 0 heterocycles. The topological polar surface area (TPSA) is 26.3 Å². The Balaban J connectivity index is 2.07. The van der Waals surface area contributed by atoms with Crippen molar-refractivity contribution in [1.82, 2.24) is 0 Å². The lowest BCUT2D eigenvalue weighted by atomic mass is 10.2. The zero-order valence-corrected chi connectivity index (χ0v) is 10.8. The van der Waals surface area contributed by atoms with Crippen molar-refractivity contribution in [2.24, 2.45) is 0 Å². The van der Waals surface area contributed by atoms with Gasteiger partial charge in [-0.1, -0.05) is 41.4 Å². The van der Waals surface area contributed by atoms with E-state index in [1.807, 2.05) is 0 Å². The summed E-state index contributed by atoms with van der Waals surface area (Å²) in [7, 11) is 0. The summed E-state index contributed by atoms with van der Waals surface area (Å²) < 4.78 is 5.15. The first-order valence-electron chi connectivity index (χ1n) is 5.24. The van der Waals surface area contributed by atoms with Crippen molar-refractivity contribution in [2.75, 3.05) is 0 Å². The molecule has 2 aromatic rings. The molecule has 0 bridgehead atoms. The van der Waals surface area contributed by atoms with Crippen molar-refractivity contribution in [3.05, 3.63) is 69.7 Å².